The van der Waals surface area contributed by atoms with Gasteiger partial charge >= 0.3 is 5.97 Å². The summed E-state index contributed by atoms with van der Waals surface area (Å²) in [5.41, 5.74) is 0. The minimum atomic E-state index is -0.658. The third-order valence-corrected chi connectivity index (χ3v) is 2.84. The van der Waals surface area contributed by atoms with E-state index in [1.54, 1.807) is 6.92 Å². The largest absolute Gasteiger partial charge is 0.481 e. The van der Waals surface area contributed by atoms with Crippen LogP contribution in [0, 0.1) is 11.8 Å². The molecule has 0 rings (SSSR count). The van der Waals surface area contributed by atoms with E-state index in [1.165, 1.54) is 32.1 Å². The van der Waals surface area contributed by atoms with Gasteiger partial charge in [0.1, 0.15) is 0 Å². The Kier molecular flexibility index (Phi) is 8.44. The second-order valence-corrected chi connectivity index (χ2v) is 4.98. The summed E-state index contributed by atoms with van der Waals surface area (Å²) < 4.78 is 0. The molecule has 0 aliphatic rings. The van der Waals surface area contributed by atoms with Crippen LogP contribution in [0.3, 0.4) is 0 Å². The molecular formula is C13H26O2. The number of carboxylic acid groups (broad SMARTS) is 1. The van der Waals surface area contributed by atoms with E-state index in [2.05, 4.69) is 13.8 Å². The Labute approximate surface area is 94.1 Å². The average Bonchev–Trinajstić information content (AvgIpc) is 2.15. The lowest BCUT2D eigenvalue weighted by Crippen LogP contribution is -2.08. The summed E-state index contributed by atoms with van der Waals surface area (Å²) in [6.45, 7) is 6.31. The zero-order valence-electron chi connectivity index (χ0n) is 10.5. The first-order valence-electron chi connectivity index (χ1n) is 6.26. The van der Waals surface area contributed by atoms with E-state index >= 15 is 0 Å². The summed E-state index contributed by atoms with van der Waals surface area (Å²) in [4.78, 5) is 10.5. The van der Waals surface area contributed by atoms with Crippen molar-refractivity contribution < 1.29 is 9.90 Å². The Morgan fingerprint density at radius 3 is 1.87 bits per heavy atom. The number of hydrogen-bond acceptors (Lipinski definition) is 1. The van der Waals surface area contributed by atoms with E-state index in [-0.39, 0.29) is 5.92 Å². The fourth-order valence-electron chi connectivity index (χ4n) is 1.66. The van der Waals surface area contributed by atoms with Gasteiger partial charge in [0.25, 0.3) is 0 Å². The van der Waals surface area contributed by atoms with Gasteiger partial charge in [-0.1, -0.05) is 59.3 Å². The lowest BCUT2D eigenvalue weighted by molar-refractivity contribution is -0.141. The summed E-state index contributed by atoms with van der Waals surface area (Å²) >= 11 is 0. The molecule has 0 saturated carbocycles. The fraction of sp³-hybridized carbons (Fsp3) is 0.923. The third-order valence-electron chi connectivity index (χ3n) is 2.84. The van der Waals surface area contributed by atoms with Crippen molar-refractivity contribution in [2.24, 2.45) is 11.8 Å². The molecule has 0 heterocycles. The number of hydrogen-bond donors (Lipinski definition) is 1. The number of unbranched alkanes of at least 4 members (excludes halogenated alkanes) is 4. The van der Waals surface area contributed by atoms with Gasteiger partial charge in [-0.2, -0.15) is 0 Å². The Hall–Kier alpha value is -0.530. The average molecular weight is 214 g/mol. The van der Waals surface area contributed by atoms with E-state index in [0.29, 0.717) is 0 Å². The maximum absolute atomic E-state index is 10.5. The fourth-order valence-corrected chi connectivity index (χ4v) is 1.66. The molecular weight excluding hydrogens is 188 g/mol. The molecule has 0 amide bonds. The van der Waals surface area contributed by atoms with Crippen molar-refractivity contribution in [2.75, 3.05) is 0 Å². The van der Waals surface area contributed by atoms with Crippen molar-refractivity contribution >= 4 is 5.97 Å². The SMILES string of the molecule is CC(C)CCCCCCCC(C)C(=O)O. The van der Waals surface area contributed by atoms with Crippen molar-refractivity contribution in [1.29, 1.82) is 0 Å². The molecule has 0 radical (unpaired) electrons. The van der Waals surface area contributed by atoms with Crippen LogP contribution in [0.2, 0.25) is 0 Å². The van der Waals surface area contributed by atoms with E-state index in [9.17, 15) is 4.79 Å². The van der Waals surface area contributed by atoms with Crippen molar-refractivity contribution in [2.45, 2.75) is 65.7 Å². The molecule has 0 aliphatic heterocycles. The quantitative estimate of drug-likeness (QED) is 0.587. The predicted octanol–water partition coefficient (Wildman–Crippen LogP) is 4.09. The van der Waals surface area contributed by atoms with Crippen LogP contribution in [0.1, 0.15) is 65.7 Å². The minimum absolute atomic E-state index is 0.166. The molecule has 15 heavy (non-hydrogen) atoms. The minimum Gasteiger partial charge on any atom is -0.481 e. The smallest absolute Gasteiger partial charge is 0.306 e. The zero-order chi connectivity index (χ0) is 11.7. The highest BCUT2D eigenvalue weighted by Gasteiger charge is 2.09. The van der Waals surface area contributed by atoms with E-state index < -0.39 is 5.97 Å². The first kappa shape index (κ1) is 14.5. The van der Waals surface area contributed by atoms with Gasteiger partial charge in [-0.25, -0.2) is 0 Å². The Morgan fingerprint density at radius 1 is 0.933 bits per heavy atom. The van der Waals surface area contributed by atoms with Crippen LogP contribution in [-0.2, 0) is 4.79 Å². The van der Waals surface area contributed by atoms with Gasteiger partial charge in [0, 0.05) is 0 Å². The van der Waals surface area contributed by atoms with Crippen molar-refractivity contribution in [3.63, 3.8) is 0 Å². The molecule has 1 N–H and O–H groups in total. The van der Waals surface area contributed by atoms with Crippen LogP contribution in [0.25, 0.3) is 0 Å². The molecule has 0 aromatic rings. The molecule has 1 unspecified atom stereocenters. The van der Waals surface area contributed by atoms with Crippen LogP contribution in [0.4, 0.5) is 0 Å². The Bertz CT molecular complexity index is 164. The van der Waals surface area contributed by atoms with E-state index in [1.807, 2.05) is 0 Å². The van der Waals surface area contributed by atoms with Crippen molar-refractivity contribution in [3.05, 3.63) is 0 Å². The van der Waals surface area contributed by atoms with Gasteiger partial charge in [-0.15, -0.1) is 0 Å². The second kappa shape index (κ2) is 8.75. The maximum Gasteiger partial charge on any atom is 0.306 e. The highest BCUT2D eigenvalue weighted by atomic mass is 16.4. The van der Waals surface area contributed by atoms with Gasteiger partial charge in [-0.05, 0) is 12.3 Å². The van der Waals surface area contributed by atoms with Gasteiger partial charge in [0.15, 0.2) is 0 Å². The molecule has 0 saturated heterocycles. The molecule has 2 heteroatoms. The van der Waals surface area contributed by atoms with Crippen LogP contribution in [-0.4, -0.2) is 11.1 Å². The molecule has 0 fully saturated rings. The first-order chi connectivity index (χ1) is 7.04. The van der Waals surface area contributed by atoms with Crippen molar-refractivity contribution in [3.8, 4) is 0 Å². The van der Waals surface area contributed by atoms with Crippen LogP contribution < -0.4 is 0 Å². The van der Waals surface area contributed by atoms with E-state index in [0.717, 1.165) is 18.8 Å². The normalized spacial score (nSPS) is 13.1. The molecule has 90 valence electrons. The number of rotatable bonds is 9. The molecule has 2 nitrogen and oxygen atoms in total. The lowest BCUT2D eigenvalue weighted by Gasteiger charge is -2.06. The summed E-state index contributed by atoms with van der Waals surface area (Å²) in [6, 6.07) is 0. The summed E-state index contributed by atoms with van der Waals surface area (Å²) in [7, 11) is 0. The molecule has 0 aromatic carbocycles. The highest BCUT2D eigenvalue weighted by Crippen LogP contribution is 2.13. The second-order valence-electron chi connectivity index (χ2n) is 4.98. The van der Waals surface area contributed by atoms with Gasteiger partial charge in [-0.3, -0.25) is 4.79 Å². The van der Waals surface area contributed by atoms with Crippen LogP contribution in [0.5, 0.6) is 0 Å². The molecule has 0 aliphatic carbocycles. The Balaban J connectivity index is 3.15. The molecule has 0 aromatic heterocycles. The van der Waals surface area contributed by atoms with Crippen LogP contribution >= 0.6 is 0 Å². The van der Waals surface area contributed by atoms with Gasteiger partial charge in [0.05, 0.1) is 5.92 Å². The van der Waals surface area contributed by atoms with Gasteiger partial charge < -0.3 is 5.11 Å². The van der Waals surface area contributed by atoms with Crippen LogP contribution in [0.15, 0.2) is 0 Å². The summed E-state index contributed by atoms with van der Waals surface area (Å²) in [6.07, 6.45) is 8.31. The predicted molar refractivity (Wildman–Crippen MR) is 64.0 cm³/mol. The maximum atomic E-state index is 10.5. The summed E-state index contributed by atoms with van der Waals surface area (Å²) in [5, 5.41) is 8.68. The molecule has 0 spiro atoms. The lowest BCUT2D eigenvalue weighted by atomic mass is 10.0. The van der Waals surface area contributed by atoms with Gasteiger partial charge in [0.2, 0.25) is 0 Å². The molecule has 1 atom stereocenters. The van der Waals surface area contributed by atoms with Crippen molar-refractivity contribution in [1.82, 2.24) is 0 Å². The number of carboxylic acids is 1. The monoisotopic (exact) mass is 214 g/mol. The number of aliphatic carboxylic acids is 1. The third kappa shape index (κ3) is 9.77. The number of carbonyl (C=O) groups is 1. The first-order valence-corrected chi connectivity index (χ1v) is 6.26. The van der Waals surface area contributed by atoms with E-state index in [4.69, 9.17) is 5.11 Å². The topological polar surface area (TPSA) is 37.3 Å². The standard InChI is InChI=1S/C13H26O2/c1-11(2)9-7-5-4-6-8-10-12(3)13(14)15/h11-12H,4-10H2,1-3H3,(H,14,15). The zero-order valence-corrected chi connectivity index (χ0v) is 10.5. The summed E-state index contributed by atoms with van der Waals surface area (Å²) in [5.74, 6) is -0.00694. The highest BCUT2D eigenvalue weighted by molar-refractivity contribution is 5.69. The molecule has 0 bridgehead atoms. The Morgan fingerprint density at radius 2 is 1.40 bits per heavy atom.